The third kappa shape index (κ3) is 1.98. The second-order valence-electron chi connectivity index (χ2n) is 4.39. The predicted octanol–water partition coefficient (Wildman–Crippen LogP) is 3.58. The standard InChI is InChI=1S/C14H15NS/c1-2-6-14-12(4-1)8-11(10-15-14)9-13-5-3-7-16-13/h1-7,11,15H,8-10H2. The molecule has 2 aromatic rings. The van der Waals surface area contributed by atoms with Gasteiger partial charge in [0, 0.05) is 17.1 Å². The van der Waals surface area contributed by atoms with Crippen molar-refractivity contribution in [2.24, 2.45) is 5.92 Å². The Kier molecular flexibility index (Phi) is 2.66. The summed E-state index contributed by atoms with van der Waals surface area (Å²) in [5, 5.41) is 5.70. The summed E-state index contributed by atoms with van der Waals surface area (Å²) in [6.07, 6.45) is 2.42. The Hall–Kier alpha value is -1.28. The molecule has 1 unspecified atom stereocenters. The van der Waals surface area contributed by atoms with Crippen LogP contribution in [0.1, 0.15) is 10.4 Å². The normalized spacial score (nSPS) is 18.9. The first kappa shape index (κ1) is 9.91. The molecule has 1 aliphatic heterocycles. The van der Waals surface area contributed by atoms with Gasteiger partial charge in [0.1, 0.15) is 0 Å². The number of nitrogens with one attached hydrogen (secondary N) is 1. The summed E-state index contributed by atoms with van der Waals surface area (Å²) in [6, 6.07) is 13.0. The van der Waals surface area contributed by atoms with Gasteiger partial charge in [-0.15, -0.1) is 11.3 Å². The van der Waals surface area contributed by atoms with Gasteiger partial charge in [0.2, 0.25) is 0 Å². The first-order valence-corrected chi connectivity index (χ1v) is 6.64. The molecule has 0 fully saturated rings. The molecule has 3 rings (SSSR count). The molecule has 1 aromatic carbocycles. The molecule has 0 spiro atoms. The van der Waals surface area contributed by atoms with Gasteiger partial charge in [-0.25, -0.2) is 0 Å². The van der Waals surface area contributed by atoms with Crippen LogP contribution in [0, 0.1) is 5.92 Å². The fourth-order valence-corrected chi connectivity index (χ4v) is 3.19. The van der Waals surface area contributed by atoms with Crippen molar-refractivity contribution in [2.75, 3.05) is 11.9 Å². The lowest BCUT2D eigenvalue weighted by Gasteiger charge is -2.25. The molecular weight excluding hydrogens is 214 g/mol. The second-order valence-corrected chi connectivity index (χ2v) is 5.42. The lowest BCUT2D eigenvalue weighted by Crippen LogP contribution is -2.24. The summed E-state index contributed by atoms with van der Waals surface area (Å²) >= 11 is 1.87. The van der Waals surface area contributed by atoms with Crippen LogP contribution < -0.4 is 5.32 Å². The lowest BCUT2D eigenvalue weighted by atomic mass is 9.91. The smallest absolute Gasteiger partial charge is 0.0372 e. The molecular formula is C14H15NS. The van der Waals surface area contributed by atoms with Gasteiger partial charge in [0.15, 0.2) is 0 Å². The average Bonchev–Trinajstić information content (AvgIpc) is 2.82. The van der Waals surface area contributed by atoms with Gasteiger partial charge in [-0.1, -0.05) is 24.3 Å². The lowest BCUT2D eigenvalue weighted by molar-refractivity contribution is 0.539. The van der Waals surface area contributed by atoms with Gasteiger partial charge in [-0.05, 0) is 41.8 Å². The highest BCUT2D eigenvalue weighted by Crippen LogP contribution is 2.27. The summed E-state index contributed by atoms with van der Waals surface area (Å²) in [7, 11) is 0. The molecule has 2 heteroatoms. The predicted molar refractivity (Wildman–Crippen MR) is 70.1 cm³/mol. The molecule has 0 saturated heterocycles. The largest absolute Gasteiger partial charge is 0.385 e. The highest BCUT2D eigenvalue weighted by atomic mass is 32.1. The van der Waals surface area contributed by atoms with Crippen LogP contribution in [0.2, 0.25) is 0 Å². The molecule has 0 amide bonds. The molecule has 16 heavy (non-hydrogen) atoms. The van der Waals surface area contributed by atoms with Crippen LogP contribution in [0.25, 0.3) is 0 Å². The van der Waals surface area contributed by atoms with Crippen molar-refractivity contribution in [1.82, 2.24) is 0 Å². The van der Waals surface area contributed by atoms with Gasteiger partial charge >= 0.3 is 0 Å². The molecule has 1 aliphatic rings. The first-order valence-electron chi connectivity index (χ1n) is 5.76. The number of thiophene rings is 1. The Morgan fingerprint density at radius 3 is 3.00 bits per heavy atom. The number of anilines is 1. The maximum absolute atomic E-state index is 3.53. The average molecular weight is 229 g/mol. The minimum Gasteiger partial charge on any atom is -0.385 e. The van der Waals surface area contributed by atoms with Crippen LogP contribution in [-0.2, 0) is 12.8 Å². The maximum Gasteiger partial charge on any atom is 0.0372 e. The first-order chi connectivity index (χ1) is 7.92. The van der Waals surface area contributed by atoms with Crippen LogP contribution in [0.15, 0.2) is 41.8 Å². The highest BCUT2D eigenvalue weighted by molar-refractivity contribution is 7.09. The van der Waals surface area contributed by atoms with Gasteiger partial charge in [0.05, 0.1) is 0 Å². The molecule has 1 aromatic heterocycles. The fourth-order valence-electron chi connectivity index (χ4n) is 2.37. The maximum atomic E-state index is 3.53. The number of benzene rings is 1. The second kappa shape index (κ2) is 4.30. The Labute approximate surface area is 100 Å². The van der Waals surface area contributed by atoms with E-state index < -0.39 is 0 Å². The summed E-state index contributed by atoms with van der Waals surface area (Å²) in [4.78, 5) is 1.51. The van der Waals surface area contributed by atoms with E-state index in [9.17, 15) is 0 Å². The minimum absolute atomic E-state index is 0.744. The van der Waals surface area contributed by atoms with E-state index in [0.29, 0.717) is 0 Å². The number of hydrogen-bond acceptors (Lipinski definition) is 2. The zero-order chi connectivity index (χ0) is 10.8. The van der Waals surface area contributed by atoms with Gasteiger partial charge in [0.25, 0.3) is 0 Å². The molecule has 0 bridgehead atoms. The summed E-state index contributed by atoms with van der Waals surface area (Å²) < 4.78 is 0. The zero-order valence-electron chi connectivity index (χ0n) is 9.15. The third-order valence-electron chi connectivity index (χ3n) is 3.18. The van der Waals surface area contributed by atoms with Crippen molar-refractivity contribution in [1.29, 1.82) is 0 Å². The number of para-hydroxylation sites is 1. The van der Waals surface area contributed by atoms with Crippen molar-refractivity contribution in [2.45, 2.75) is 12.8 Å². The van der Waals surface area contributed by atoms with E-state index in [-0.39, 0.29) is 0 Å². The molecule has 0 saturated carbocycles. The topological polar surface area (TPSA) is 12.0 Å². The summed E-state index contributed by atoms with van der Waals surface area (Å²) in [5.74, 6) is 0.744. The van der Waals surface area contributed by atoms with E-state index in [4.69, 9.17) is 0 Å². The molecule has 0 radical (unpaired) electrons. The van der Waals surface area contributed by atoms with Crippen molar-refractivity contribution in [3.05, 3.63) is 52.2 Å². The number of fused-ring (bicyclic) bond motifs is 1. The Balaban J connectivity index is 1.73. The van der Waals surface area contributed by atoms with Gasteiger partial charge in [-0.2, -0.15) is 0 Å². The van der Waals surface area contributed by atoms with Crippen LogP contribution in [-0.4, -0.2) is 6.54 Å². The van der Waals surface area contributed by atoms with Crippen LogP contribution in [0.5, 0.6) is 0 Å². The Morgan fingerprint density at radius 1 is 1.19 bits per heavy atom. The Morgan fingerprint density at radius 2 is 2.12 bits per heavy atom. The van der Waals surface area contributed by atoms with Crippen LogP contribution in [0.3, 0.4) is 0 Å². The van der Waals surface area contributed by atoms with Crippen LogP contribution >= 0.6 is 11.3 Å². The molecule has 82 valence electrons. The van der Waals surface area contributed by atoms with E-state index in [1.807, 2.05) is 11.3 Å². The molecule has 1 N–H and O–H groups in total. The van der Waals surface area contributed by atoms with E-state index in [1.54, 1.807) is 0 Å². The van der Waals surface area contributed by atoms with Crippen molar-refractivity contribution in [3.63, 3.8) is 0 Å². The Bertz CT molecular complexity index is 461. The molecule has 2 heterocycles. The van der Waals surface area contributed by atoms with Crippen molar-refractivity contribution < 1.29 is 0 Å². The van der Waals surface area contributed by atoms with Gasteiger partial charge < -0.3 is 5.32 Å². The third-order valence-corrected chi connectivity index (χ3v) is 4.08. The van der Waals surface area contributed by atoms with E-state index in [0.717, 1.165) is 12.5 Å². The zero-order valence-corrected chi connectivity index (χ0v) is 9.96. The fraction of sp³-hybridized carbons (Fsp3) is 0.286. The van der Waals surface area contributed by atoms with Gasteiger partial charge in [-0.3, -0.25) is 0 Å². The molecule has 1 nitrogen and oxygen atoms in total. The van der Waals surface area contributed by atoms with E-state index in [1.165, 1.54) is 29.0 Å². The SMILES string of the molecule is c1csc(CC2CNc3ccccc3C2)c1. The number of hydrogen-bond donors (Lipinski definition) is 1. The van der Waals surface area contributed by atoms with Crippen molar-refractivity contribution in [3.8, 4) is 0 Å². The van der Waals surface area contributed by atoms with Crippen LogP contribution in [0.4, 0.5) is 5.69 Å². The summed E-state index contributed by atoms with van der Waals surface area (Å²) in [5.41, 5.74) is 2.79. The van der Waals surface area contributed by atoms with E-state index in [2.05, 4.69) is 47.1 Å². The summed E-state index contributed by atoms with van der Waals surface area (Å²) in [6.45, 7) is 1.11. The molecule has 0 aliphatic carbocycles. The van der Waals surface area contributed by atoms with E-state index >= 15 is 0 Å². The monoisotopic (exact) mass is 229 g/mol. The quantitative estimate of drug-likeness (QED) is 0.830. The minimum atomic E-state index is 0.744. The highest BCUT2D eigenvalue weighted by Gasteiger charge is 2.18. The van der Waals surface area contributed by atoms with Crippen molar-refractivity contribution >= 4 is 17.0 Å². The number of rotatable bonds is 2. The molecule has 1 atom stereocenters.